The van der Waals surface area contributed by atoms with Crippen LogP contribution >= 0.6 is 0 Å². The van der Waals surface area contributed by atoms with E-state index in [9.17, 15) is 0 Å². The fourth-order valence-electron chi connectivity index (χ4n) is 2.24. The minimum atomic E-state index is 0.449. The third kappa shape index (κ3) is 1.05. The van der Waals surface area contributed by atoms with Crippen molar-refractivity contribution >= 4 is 0 Å². The normalized spacial score (nSPS) is 19.6. The predicted octanol–water partition coefficient (Wildman–Crippen LogP) is 1.88. The molecule has 1 aromatic carbocycles. The number of rotatable bonds is 1. The predicted molar refractivity (Wildman–Crippen MR) is 53.0 cm³/mol. The number of fused-ring (bicyclic) bond motifs is 1. The zero-order valence-electron chi connectivity index (χ0n) is 7.77. The summed E-state index contributed by atoms with van der Waals surface area (Å²) in [5.41, 5.74) is 3.94. The van der Waals surface area contributed by atoms with E-state index in [-0.39, 0.29) is 0 Å². The van der Waals surface area contributed by atoms with Crippen molar-refractivity contribution in [3.8, 4) is 0 Å². The van der Waals surface area contributed by atoms with Gasteiger partial charge in [0.2, 0.25) is 0 Å². The summed E-state index contributed by atoms with van der Waals surface area (Å²) < 4.78 is 0. The Kier molecular flexibility index (Phi) is 1.63. The lowest BCUT2D eigenvalue weighted by atomic mass is 9.99. The van der Waals surface area contributed by atoms with Gasteiger partial charge in [-0.25, -0.2) is 0 Å². The second kappa shape index (κ2) is 2.94. The van der Waals surface area contributed by atoms with E-state index in [0.717, 1.165) is 18.5 Å². The van der Waals surface area contributed by atoms with Crippen LogP contribution in [0, 0.1) is 0 Å². The maximum atomic E-state index is 4.16. The summed E-state index contributed by atoms with van der Waals surface area (Å²) in [5, 5.41) is 10.7. The van der Waals surface area contributed by atoms with E-state index in [1.54, 1.807) is 0 Å². The Hall–Kier alpha value is -1.64. The summed E-state index contributed by atoms with van der Waals surface area (Å²) in [5.74, 6) is 0.449. The molecule has 0 radical (unpaired) electrons. The Morgan fingerprint density at radius 1 is 1.29 bits per heavy atom. The molecule has 1 N–H and O–H groups in total. The van der Waals surface area contributed by atoms with Gasteiger partial charge in [-0.15, -0.1) is 0 Å². The van der Waals surface area contributed by atoms with E-state index in [2.05, 4.69) is 39.7 Å². The molecular weight excluding hydrogens is 174 g/mol. The van der Waals surface area contributed by atoms with Crippen molar-refractivity contribution in [1.29, 1.82) is 0 Å². The molecule has 14 heavy (non-hydrogen) atoms. The summed E-state index contributed by atoms with van der Waals surface area (Å²) in [7, 11) is 0. The molecule has 2 aromatic rings. The molecule has 0 bridgehead atoms. The molecule has 0 amide bonds. The molecule has 3 nitrogen and oxygen atoms in total. The minimum absolute atomic E-state index is 0.449. The summed E-state index contributed by atoms with van der Waals surface area (Å²) >= 11 is 0. The molecule has 0 fully saturated rings. The van der Waals surface area contributed by atoms with E-state index in [0.29, 0.717) is 5.92 Å². The molecule has 1 unspecified atom stereocenters. The minimum Gasteiger partial charge on any atom is -0.198 e. The molecule has 1 atom stereocenters. The molecule has 70 valence electrons. The van der Waals surface area contributed by atoms with Gasteiger partial charge in [0.1, 0.15) is 0 Å². The molecule has 1 aliphatic carbocycles. The van der Waals surface area contributed by atoms with Crippen LogP contribution < -0.4 is 0 Å². The first-order chi connectivity index (χ1) is 6.95. The van der Waals surface area contributed by atoms with Gasteiger partial charge in [-0.1, -0.05) is 24.3 Å². The van der Waals surface area contributed by atoms with E-state index in [1.165, 1.54) is 11.1 Å². The third-order valence-corrected chi connectivity index (χ3v) is 2.92. The van der Waals surface area contributed by atoms with Crippen molar-refractivity contribution in [3.63, 3.8) is 0 Å². The van der Waals surface area contributed by atoms with Crippen LogP contribution in [-0.4, -0.2) is 15.4 Å². The van der Waals surface area contributed by atoms with Crippen molar-refractivity contribution in [2.75, 3.05) is 0 Å². The quantitative estimate of drug-likeness (QED) is 0.737. The Bertz CT molecular complexity index is 434. The van der Waals surface area contributed by atoms with Crippen LogP contribution in [0.25, 0.3) is 0 Å². The molecule has 1 aromatic heterocycles. The molecule has 1 heterocycles. The van der Waals surface area contributed by atoms with Crippen molar-refractivity contribution in [3.05, 3.63) is 47.3 Å². The number of aryl methyl sites for hydroxylation is 1. The number of H-pyrrole nitrogens is 1. The first-order valence-corrected chi connectivity index (χ1v) is 4.88. The van der Waals surface area contributed by atoms with Gasteiger partial charge < -0.3 is 0 Å². The zero-order chi connectivity index (χ0) is 9.38. The van der Waals surface area contributed by atoms with Gasteiger partial charge >= 0.3 is 0 Å². The largest absolute Gasteiger partial charge is 0.198 e. The van der Waals surface area contributed by atoms with E-state index >= 15 is 0 Å². The zero-order valence-corrected chi connectivity index (χ0v) is 7.77. The van der Waals surface area contributed by atoms with Gasteiger partial charge in [-0.3, -0.25) is 0 Å². The molecule has 3 heteroatoms. The van der Waals surface area contributed by atoms with Crippen LogP contribution in [0.5, 0.6) is 0 Å². The standard InChI is InChI=1S/C11H11N3/c1-2-4-9-8(3-1)5-6-10(9)11-7-12-14-13-11/h1-4,7,10H,5-6H2,(H,12,13,14). The number of aromatic nitrogens is 3. The molecule has 1 aliphatic rings. The lowest BCUT2D eigenvalue weighted by Gasteiger charge is -2.06. The topological polar surface area (TPSA) is 41.6 Å². The van der Waals surface area contributed by atoms with Crippen LogP contribution in [0.4, 0.5) is 0 Å². The van der Waals surface area contributed by atoms with Crippen LogP contribution in [0.15, 0.2) is 30.5 Å². The molecule has 0 saturated carbocycles. The average Bonchev–Trinajstić information content (AvgIpc) is 2.85. The number of nitrogens with zero attached hydrogens (tertiary/aromatic N) is 2. The summed E-state index contributed by atoms with van der Waals surface area (Å²) in [6, 6.07) is 8.60. The maximum absolute atomic E-state index is 4.16. The van der Waals surface area contributed by atoms with E-state index in [1.807, 2.05) is 6.20 Å². The molecule has 0 spiro atoms. The highest BCUT2D eigenvalue weighted by Gasteiger charge is 2.24. The van der Waals surface area contributed by atoms with Gasteiger partial charge in [0, 0.05) is 5.92 Å². The van der Waals surface area contributed by atoms with Crippen molar-refractivity contribution in [2.24, 2.45) is 0 Å². The molecule has 0 aliphatic heterocycles. The third-order valence-electron chi connectivity index (χ3n) is 2.92. The molecule has 0 saturated heterocycles. The second-order valence-electron chi connectivity index (χ2n) is 3.68. The number of aromatic amines is 1. The Morgan fingerprint density at radius 2 is 2.21 bits per heavy atom. The number of hydrogen-bond acceptors (Lipinski definition) is 2. The van der Waals surface area contributed by atoms with E-state index < -0.39 is 0 Å². The van der Waals surface area contributed by atoms with Gasteiger partial charge in [-0.2, -0.15) is 15.4 Å². The summed E-state index contributed by atoms with van der Waals surface area (Å²) in [6.45, 7) is 0. The molecule has 3 rings (SSSR count). The van der Waals surface area contributed by atoms with Crippen LogP contribution in [0.3, 0.4) is 0 Å². The fraction of sp³-hybridized carbons (Fsp3) is 0.273. The number of hydrogen-bond donors (Lipinski definition) is 1. The fourth-order valence-corrected chi connectivity index (χ4v) is 2.24. The lowest BCUT2D eigenvalue weighted by Crippen LogP contribution is -1.96. The molecular formula is C11H11N3. The van der Waals surface area contributed by atoms with Crippen LogP contribution in [0.2, 0.25) is 0 Å². The smallest absolute Gasteiger partial charge is 0.0899 e. The highest BCUT2D eigenvalue weighted by Crippen LogP contribution is 2.36. The Labute approximate surface area is 82.2 Å². The van der Waals surface area contributed by atoms with Gasteiger partial charge in [0.15, 0.2) is 0 Å². The Balaban J connectivity index is 2.06. The second-order valence-corrected chi connectivity index (χ2v) is 3.68. The highest BCUT2D eigenvalue weighted by atomic mass is 15.3. The maximum Gasteiger partial charge on any atom is 0.0899 e. The summed E-state index contributed by atoms with van der Waals surface area (Å²) in [6.07, 6.45) is 4.15. The SMILES string of the molecule is c1ccc2c(c1)CCC2c1cn[nH]n1. The first-order valence-electron chi connectivity index (χ1n) is 4.88. The van der Waals surface area contributed by atoms with E-state index in [4.69, 9.17) is 0 Å². The number of nitrogens with one attached hydrogen (secondary N) is 1. The van der Waals surface area contributed by atoms with Crippen LogP contribution in [-0.2, 0) is 6.42 Å². The summed E-state index contributed by atoms with van der Waals surface area (Å²) in [4.78, 5) is 0. The van der Waals surface area contributed by atoms with Gasteiger partial charge in [-0.05, 0) is 24.0 Å². The number of benzene rings is 1. The monoisotopic (exact) mass is 185 g/mol. The van der Waals surface area contributed by atoms with Crippen molar-refractivity contribution in [1.82, 2.24) is 15.4 Å². The van der Waals surface area contributed by atoms with Crippen molar-refractivity contribution in [2.45, 2.75) is 18.8 Å². The van der Waals surface area contributed by atoms with Crippen LogP contribution in [0.1, 0.15) is 29.2 Å². The first kappa shape index (κ1) is 7.74. The van der Waals surface area contributed by atoms with Gasteiger partial charge in [0.25, 0.3) is 0 Å². The van der Waals surface area contributed by atoms with Gasteiger partial charge in [0.05, 0.1) is 11.9 Å². The highest BCUT2D eigenvalue weighted by molar-refractivity contribution is 5.39. The van der Waals surface area contributed by atoms with Crippen molar-refractivity contribution < 1.29 is 0 Å². The average molecular weight is 185 g/mol. The lowest BCUT2D eigenvalue weighted by molar-refractivity contribution is 0.753. The Morgan fingerprint density at radius 3 is 3.07 bits per heavy atom.